The number of esters is 1. The van der Waals surface area contributed by atoms with Gasteiger partial charge in [-0.25, -0.2) is 0 Å². The van der Waals surface area contributed by atoms with E-state index in [4.69, 9.17) is 9.84 Å². The Balaban J connectivity index is 1.65. The van der Waals surface area contributed by atoms with Crippen molar-refractivity contribution in [2.45, 2.75) is 119 Å². The molecule has 4 fully saturated rings. The fourth-order valence-corrected chi connectivity index (χ4v) is 11.7. The lowest BCUT2D eigenvalue weighted by atomic mass is 9.33. The van der Waals surface area contributed by atoms with Gasteiger partial charge in [0.2, 0.25) is 5.91 Å². The van der Waals surface area contributed by atoms with Gasteiger partial charge < -0.3 is 15.2 Å². The lowest BCUT2D eigenvalue weighted by Crippen LogP contribution is -2.66. The van der Waals surface area contributed by atoms with E-state index in [-0.39, 0.29) is 52.3 Å². The van der Waals surface area contributed by atoms with Gasteiger partial charge in [0.05, 0.1) is 18.6 Å². The Morgan fingerprint density at radius 2 is 1.72 bits per heavy atom. The van der Waals surface area contributed by atoms with E-state index in [1.54, 1.807) is 0 Å². The lowest BCUT2D eigenvalue weighted by molar-refractivity contribution is -0.229. The first kappa shape index (κ1) is 33.5. The molecule has 0 aromatic rings. The summed E-state index contributed by atoms with van der Waals surface area (Å²) in [6.45, 7) is 18.3. The minimum atomic E-state index is -0.815. The Morgan fingerprint density at radius 3 is 2.33 bits per heavy atom. The van der Waals surface area contributed by atoms with Crippen LogP contribution in [-0.4, -0.2) is 36.6 Å². The number of fused-ring (bicyclic) bond motifs is 5. The fourth-order valence-electron chi connectivity index (χ4n) is 11.7. The lowest BCUT2D eigenvalue weighted by Gasteiger charge is -2.71. The third-order valence-electron chi connectivity index (χ3n) is 13.9. The Morgan fingerprint density at radius 1 is 1.02 bits per heavy atom. The number of carbonyl (C=O) groups is 3. The number of ether oxygens (including phenoxy) is 1. The summed E-state index contributed by atoms with van der Waals surface area (Å²) < 4.78 is 5.49. The highest BCUT2D eigenvalue weighted by Gasteiger charge is 2.71. The molecule has 0 aromatic heterocycles. The zero-order valence-electron chi connectivity index (χ0n) is 27.8. The molecule has 0 saturated heterocycles. The van der Waals surface area contributed by atoms with Gasteiger partial charge in [-0.05, 0) is 117 Å². The summed E-state index contributed by atoms with van der Waals surface area (Å²) in [4.78, 5) is 38.0. The third-order valence-corrected chi connectivity index (χ3v) is 13.9. The minimum absolute atomic E-state index is 0.00345. The van der Waals surface area contributed by atoms with Crippen LogP contribution >= 0.6 is 0 Å². The van der Waals surface area contributed by atoms with Gasteiger partial charge in [0.1, 0.15) is 0 Å². The van der Waals surface area contributed by atoms with Crippen molar-refractivity contribution in [3.8, 4) is 6.07 Å². The normalized spacial score (nSPS) is 40.3. The molecule has 4 rings (SSSR count). The second kappa shape index (κ2) is 11.9. The zero-order valence-corrected chi connectivity index (χ0v) is 27.8. The van der Waals surface area contributed by atoms with Crippen LogP contribution < -0.4 is 5.32 Å². The summed E-state index contributed by atoms with van der Waals surface area (Å²) in [5.74, 6) is 0.420. The smallest absolute Gasteiger partial charge is 0.312 e. The number of nitrogens with one attached hydrogen (secondary N) is 1. The molecule has 43 heavy (non-hydrogen) atoms. The molecule has 4 saturated carbocycles. The summed E-state index contributed by atoms with van der Waals surface area (Å²) in [6, 6.07) is 2.55. The van der Waals surface area contributed by atoms with E-state index in [1.165, 1.54) is 12.7 Å². The maximum absolute atomic E-state index is 13.7. The number of methoxy groups -OCH3 is 1. The third kappa shape index (κ3) is 5.13. The minimum Gasteiger partial charge on any atom is -0.481 e. The van der Waals surface area contributed by atoms with Crippen LogP contribution in [0.1, 0.15) is 119 Å². The average molecular weight is 597 g/mol. The highest BCUT2D eigenvalue weighted by atomic mass is 16.5. The van der Waals surface area contributed by atoms with Crippen LogP contribution in [0.2, 0.25) is 0 Å². The van der Waals surface area contributed by atoms with Gasteiger partial charge in [-0.1, -0.05) is 46.8 Å². The van der Waals surface area contributed by atoms with Crippen molar-refractivity contribution in [2.75, 3.05) is 13.7 Å². The molecule has 0 unspecified atom stereocenters. The van der Waals surface area contributed by atoms with Gasteiger partial charge in [0.15, 0.2) is 0 Å². The Labute approximate surface area is 259 Å². The van der Waals surface area contributed by atoms with Gasteiger partial charge in [0, 0.05) is 24.8 Å². The molecule has 2 N–H and O–H groups in total. The molecule has 0 heterocycles. The molecule has 0 radical (unpaired) electrons. The fraction of sp³-hybridized carbons (Fsp3) is 0.833. The number of carboxylic acid groups (broad SMARTS) is 1. The molecule has 4 aliphatic rings. The second-order valence-corrected chi connectivity index (χ2v) is 16.0. The molecule has 0 aliphatic heterocycles. The van der Waals surface area contributed by atoms with Gasteiger partial charge in [-0.3, -0.25) is 14.4 Å². The van der Waals surface area contributed by atoms with Crippen LogP contribution in [0.15, 0.2) is 12.2 Å². The van der Waals surface area contributed by atoms with Crippen LogP contribution in [0.4, 0.5) is 0 Å². The molecule has 4 aliphatic carbocycles. The number of nitriles is 1. The highest BCUT2D eigenvalue weighted by molar-refractivity contribution is 5.82. The monoisotopic (exact) mass is 596 g/mol. The first-order chi connectivity index (χ1) is 20.1. The number of allylic oxidation sites excluding steroid dienone is 1. The molecule has 0 bridgehead atoms. The topological polar surface area (TPSA) is 116 Å². The highest BCUT2D eigenvalue weighted by Crippen LogP contribution is 2.76. The van der Waals surface area contributed by atoms with Crippen LogP contribution in [0.5, 0.6) is 0 Å². The average Bonchev–Trinajstić information content (AvgIpc) is 3.34. The molecule has 7 nitrogen and oxygen atoms in total. The van der Waals surface area contributed by atoms with Gasteiger partial charge in [0.25, 0.3) is 0 Å². The van der Waals surface area contributed by atoms with E-state index in [2.05, 4.69) is 45.7 Å². The van der Waals surface area contributed by atoms with Crippen LogP contribution in [-0.2, 0) is 19.1 Å². The van der Waals surface area contributed by atoms with E-state index in [0.29, 0.717) is 37.6 Å². The van der Waals surface area contributed by atoms with Crippen molar-refractivity contribution in [1.82, 2.24) is 5.32 Å². The van der Waals surface area contributed by atoms with E-state index in [9.17, 15) is 19.6 Å². The number of carbonyl (C=O) groups excluding carboxylic acids is 2. The Kier molecular flexibility index (Phi) is 9.25. The maximum atomic E-state index is 13.7. The van der Waals surface area contributed by atoms with Crippen LogP contribution in [0.3, 0.4) is 0 Å². The number of hydrogen-bond donors (Lipinski definition) is 2. The molecular weight excluding hydrogens is 540 g/mol. The summed E-state index contributed by atoms with van der Waals surface area (Å²) in [5.41, 5.74) is -0.258. The van der Waals surface area contributed by atoms with Crippen molar-refractivity contribution in [1.29, 1.82) is 5.26 Å². The molecular formula is C36H56N2O5. The number of hydrogen-bond acceptors (Lipinski definition) is 5. The Bertz CT molecular complexity index is 1170. The Hall–Kier alpha value is -2.36. The number of carboxylic acids is 1. The summed E-state index contributed by atoms with van der Waals surface area (Å²) in [6.07, 6.45) is 9.29. The molecule has 1 amide bonds. The van der Waals surface area contributed by atoms with Crippen molar-refractivity contribution < 1.29 is 24.2 Å². The van der Waals surface area contributed by atoms with Crippen molar-refractivity contribution in [3.63, 3.8) is 0 Å². The van der Waals surface area contributed by atoms with E-state index in [0.717, 1.165) is 51.4 Å². The van der Waals surface area contributed by atoms with Gasteiger partial charge in [-0.2, -0.15) is 5.26 Å². The van der Waals surface area contributed by atoms with E-state index in [1.807, 2.05) is 13.8 Å². The maximum Gasteiger partial charge on any atom is 0.312 e. The largest absolute Gasteiger partial charge is 0.481 e. The molecule has 0 spiro atoms. The molecule has 9 atom stereocenters. The first-order valence-electron chi connectivity index (χ1n) is 16.7. The second-order valence-electron chi connectivity index (χ2n) is 16.0. The SMILES string of the molecule is C=C(C)[C@@H]1CC[C@]2(C(=O)OC)CC[C@]3(C)[C@H](CC[C@@H]4[C@@](C)(CC#N)[C@H](C(C)(C)C(=O)NCCCCC(=O)O)CC[C@]43C)[C@@H]12. The number of amides is 1. The molecule has 240 valence electrons. The van der Waals surface area contributed by atoms with Gasteiger partial charge in [-0.15, -0.1) is 0 Å². The van der Waals surface area contributed by atoms with Crippen molar-refractivity contribution >= 4 is 17.8 Å². The van der Waals surface area contributed by atoms with Crippen molar-refractivity contribution in [3.05, 3.63) is 12.2 Å². The molecule has 0 aromatic carbocycles. The first-order valence-corrected chi connectivity index (χ1v) is 16.7. The number of unbranched alkanes of at least 4 members (excludes halogenated alkanes) is 1. The van der Waals surface area contributed by atoms with Crippen LogP contribution in [0.25, 0.3) is 0 Å². The van der Waals surface area contributed by atoms with Crippen molar-refractivity contribution in [2.24, 2.45) is 56.7 Å². The quantitative estimate of drug-likeness (QED) is 0.155. The van der Waals surface area contributed by atoms with Crippen LogP contribution in [0, 0.1) is 68.0 Å². The standard InChI is InChI=1S/C36H56N2O5/c1-23(2)24-14-17-36(31(42)43-8)19-18-34(6)25(29(24)36)12-13-27-33(5,20-21-37)26(15-16-35(27,34)7)32(3,4)30(41)38-22-10-9-11-28(39)40/h24-27,29H,1,9-20,22H2,2-8H3,(H,38,41)(H,39,40)/t24-,25+,26-,27+,29+,33-,34+,35+,36-/m0/s1. The van der Waals surface area contributed by atoms with E-state index < -0.39 is 16.8 Å². The predicted molar refractivity (Wildman–Crippen MR) is 166 cm³/mol. The molecule has 7 heteroatoms. The zero-order chi connectivity index (χ0) is 32.0. The predicted octanol–water partition coefficient (Wildman–Crippen LogP) is 7.31. The summed E-state index contributed by atoms with van der Waals surface area (Å²) >= 11 is 0. The summed E-state index contributed by atoms with van der Waals surface area (Å²) in [5, 5.41) is 22.2. The summed E-state index contributed by atoms with van der Waals surface area (Å²) in [7, 11) is 1.54. The van der Waals surface area contributed by atoms with Gasteiger partial charge >= 0.3 is 11.9 Å². The number of nitrogens with zero attached hydrogens (tertiary/aromatic N) is 1. The number of rotatable bonds is 10. The number of aliphatic carboxylic acids is 1. The van der Waals surface area contributed by atoms with E-state index >= 15 is 0 Å².